The second-order valence-electron chi connectivity index (χ2n) is 5.91. The predicted molar refractivity (Wildman–Crippen MR) is 103 cm³/mol. The molecule has 0 bridgehead atoms. The van der Waals surface area contributed by atoms with Gasteiger partial charge in [0.05, 0.1) is 23.9 Å². The van der Waals surface area contributed by atoms with E-state index < -0.39 is 0 Å². The van der Waals surface area contributed by atoms with Gasteiger partial charge in [0.15, 0.2) is 10.8 Å². The van der Waals surface area contributed by atoms with Crippen LogP contribution in [0.4, 0.5) is 0 Å². The van der Waals surface area contributed by atoms with Crippen molar-refractivity contribution in [1.29, 1.82) is 0 Å². The van der Waals surface area contributed by atoms with Crippen LogP contribution in [0.5, 0.6) is 5.75 Å². The molecule has 3 heterocycles. The molecule has 0 fully saturated rings. The lowest BCUT2D eigenvalue weighted by Gasteiger charge is -2.03. The highest BCUT2D eigenvalue weighted by Gasteiger charge is 2.13. The van der Waals surface area contributed by atoms with Gasteiger partial charge in [0, 0.05) is 5.02 Å². The fraction of sp³-hybridized carbons (Fsp3) is 0.111. The van der Waals surface area contributed by atoms with E-state index in [0.717, 1.165) is 32.6 Å². The largest absolute Gasteiger partial charge is 0.486 e. The first-order valence-corrected chi connectivity index (χ1v) is 9.44. The van der Waals surface area contributed by atoms with Gasteiger partial charge in [0.2, 0.25) is 4.96 Å². The molecule has 0 unspecified atom stereocenters. The molecule has 0 radical (unpaired) electrons. The Balaban J connectivity index is 1.37. The number of rotatable bonds is 5. The molecule has 0 amide bonds. The zero-order valence-corrected chi connectivity index (χ0v) is 15.6. The van der Waals surface area contributed by atoms with Gasteiger partial charge in [-0.3, -0.25) is 0 Å². The molecule has 134 valence electrons. The van der Waals surface area contributed by atoms with Crippen molar-refractivity contribution in [3.05, 3.63) is 70.7 Å². The van der Waals surface area contributed by atoms with Crippen molar-refractivity contribution in [3.8, 4) is 5.75 Å². The lowest BCUT2D eigenvalue weighted by molar-refractivity contribution is 0.304. The Morgan fingerprint density at radius 3 is 2.78 bits per heavy atom. The summed E-state index contributed by atoms with van der Waals surface area (Å²) in [4.78, 5) is 5.15. The van der Waals surface area contributed by atoms with Crippen molar-refractivity contribution in [2.24, 2.45) is 0 Å². The van der Waals surface area contributed by atoms with E-state index in [1.54, 1.807) is 16.6 Å². The van der Waals surface area contributed by atoms with Gasteiger partial charge in [-0.25, -0.2) is 4.98 Å². The van der Waals surface area contributed by atoms with Gasteiger partial charge in [-0.1, -0.05) is 35.1 Å². The molecule has 3 aromatic heterocycles. The average Bonchev–Trinajstić information content (AvgIpc) is 3.37. The summed E-state index contributed by atoms with van der Waals surface area (Å²) < 4.78 is 9.56. The number of para-hydroxylation sites is 2. The van der Waals surface area contributed by atoms with Crippen LogP contribution in [-0.2, 0) is 13.2 Å². The Hall–Kier alpha value is -2.97. The lowest BCUT2D eigenvalue weighted by atomic mass is 10.3. The van der Waals surface area contributed by atoms with Crippen LogP contribution in [0, 0.1) is 0 Å². The first-order chi connectivity index (χ1) is 13.3. The summed E-state index contributed by atoms with van der Waals surface area (Å²) in [6, 6.07) is 15.2. The van der Waals surface area contributed by atoms with Crippen molar-refractivity contribution in [2.45, 2.75) is 13.2 Å². The maximum atomic E-state index is 5.89. The average molecular weight is 397 g/mol. The summed E-state index contributed by atoms with van der Waals surface area (Å²) in [5.74, 6) is 1.50. The van der Waals surface area contributed by atoms with Crippen LogP contribution in [0.15, 0.2) is 54.9 Å². The smallest absolute Gasteiger partial charge is 0.234 e. The van der Waals surface area contributed by atoms with Crippen molar-refractivity contribution >= 4 is 38.9 Å². The summed E-state index contributed by atoms with van der Waals surface area (Å²) in [5, 5.41) is 14.6. The Morgan fingerprint density at radius 2 is 1.89 bits per heavy atom. The molecule has 0 spiro atoms. The van der Waals surface area contributed by atoms with Crippen molar-refractivity contribution in [1.82, 2.24) is 29.4 Å². The third-order valence-corrected chi connectivity index (χ3v) is 5.24. The lowest BCUT2D eigenvalue weighted by Crippen LogP contribution is -2.05. The van der Waals surface area contributed by atoms with Crippen LogP contribution in [0.3, 0.4) is 0 Å². The van der Waals surface area contributed by atoms with Crippen LogP contribution in [0.2, 0.25) is 5.02 Å². The normalized spacial score (nSPS) is 11.4. The molecular formula is C18H13ClN6OS. The molecule has 5 aromatic rings. The number of fused-ring (bicyclic) bond motifs is 2. The third-order valence-electron chi connectivity index (χ3n) is 4.11. The zero-order valence-electron chi connectivity index (χ0n) is 14.0. The van der Waals surface area contributed by atoms with Gasteiger partial charge >= 0.3 is 0 Å². The number of aromatic nitrogens is 6. The predicted octanol–water partition coefficient (Wildman–Crippen LogP) is 3.82. The number of hydrogen-bond acceptors (Lipinski definition) is 6. The summed E-state index contributed by atoms with van der Waals surface area (Å²) in [6.45, 7) is 0.909. The molecule has 0 aliphatic carbocycles. The van der Waals surface area contributed by atoms with Gasteiger partial charge in [0.1, 0.15) is 12.4 Å². The summed E-state index contributed by atoms with van der Waals surface area (Å²) in [7, 11) is 0. The van der Waals surface area contributed by atoms with Crippen LogP contribution in [0.25, 0.3) is 16.0 Å². The van der Waals surface area contributed by atoms with Gasteiger partial charge in [-0.15, -0.1) is 10.2 Å². The molecule has 0 atom stereocenters. The van der Waals surface area contributed by atoms with Crippen molar-refractivity contribution in [3.63, 3.8) is 0 Å². The van der Waals surface area contributed by atoms with E-state index in [2.05, 4.69) is 20.3 Å². The molecule has 2 aromatic carbocycles. The Labute approximate surface area is 162 Å². The monoisotopic (exact) mass is 396 g/mol. The molecule has 9 heteroatoms. The van der Waals surface area contributed by atoms with E-state index in [1.165, 1.54) is 11.3 Å². The Kier molecular flexibility index (Phi) is 3.99. The fourth-order valence-electron chi connectivity index (χ4n) is 2.82. The first-order valence-electron chi connectivity index (χ1n) is 8.24. The summed E-state index contributed by atoms with van der Waals surface area (Å²) in [6.07, 6.45) is 1.81. The van der Waals surface area contributed by atoms with E-state index in [1.807, 2.05) is 47.3 Å². The highest BCUT2D eigenvalue weighted by molar-refractivity contribution is 7.16. The molecule has 0 aliphatic rings. The highest BCUT2D eigenvalue weighted by atomic mass is 35.5. The topological polar surface area (TPSA) is 70.1 Å². The van der Waals surface area contributed by atoms with E-state index >= 15 is 0 Å². The minimum Gasteiger partial charge on any atom is -0.486 e. The molecule has 0 N–H and O–H groups in total. The van der Waals surface area contributed by atoms with E-state index in [4.69, 9.17) is 16.3 Å². The van der Waals surface area contributed by atoms with E-state index in [9.17, 15) is 0 Å². The first kappa shape index (κ1) is 16.2. The molecular weight excluding hydrogens is 384 g/mol. The second kappa shape index (κ2) is 6.64. The number of nitrogens with zero attached hydrogens (tertiary/aromatic N) is 6. The number of ether oxygens (including phenoxy) is 1. The minimum atomic E-state index is 0.364. The molecule has 7 nitrogen and oxygen atoms in total. The minimum absolute atomic E-state index is 0.364. The van der Waals surface area contributed by atoms with Crippen LogP contribution >= 0.6 is 22.9 Å². The maximum Gasteiger partial charge on any atom is 0.234 e. The van der Waals surface area contributed by atoms with Gasteiger partial charge in [-0.05, 0) is 36.4 Å². The molecule has 27 heavy (non-hydrogen) atoms. The summed E-state index contributed by atoms with van der Waals surface area (Å²) in [5.41, 5.74) is 2.00. The van der Waals surface area contributed by atoms with E-state index in [-0.39, 0.29) is 0 Å². The molecule has 0 saturated carbocycles. The van der Waals surface area contributed by atoms with Crippen LogP contribution < -0.4 is 4.74 Å². The van der Waals surface area contributed by atoms with Crippen molar-refractivity contribution in [2.75, 3.05) is 0 Å². The van der Waals surface area contributed by atoms with Gasteiger partial charge in [-0.2, -0.15) is 9.61 Å². The number of halogens is 1. The highest BCUT2D eigenvalue weighted by Crippen LogP contribution is 2.20. The summed E-state index contributed by atoms with van der Waals surface area (Å²) >= 11 is 7.35. The Morgan fingerprint density at radius 1 is 1.04 bits per heavy atom. The molecule has 0 saturated heterocycles. The molecule has 0 aliphatic heterocycles. The van der Waals surface area contributed by atoms with Crippen LogP contribution in [-0.4, -0.2) is 29.4 Å². The standard InChI is InChI=1S/C18H13ClN6OS/c19-12-5-7-13(8-6-12)26-10-17-23-25-16(21-22-18(25)27-17)9-24-11-20-14-3-1-2-4-15(14)24/h1-8,11H,9-10H2. The molecule has 5 rings (SSSR count). The quantitative estimate of drug-likeness (QED) is 0.451. The fourth-order valence-corrected chi connectivity index (χ4v) is 3.71. The van der Waals surface area contributed by atoms with Crippen LogP contribution in [0.1, 0.15) is 10.8 Å². The van der Waals surface area contributed by atoms with E-state index in [0.29, 0.717) is 18.2 Å². The number of benzene rings is 2. The maximum absolute atomic E-state index is 5.89. The number of imidazole rings is 1. The van der Waals surface area contributed by atoms with Gasteiger partial charge < -0.3 is 9.30 Å². The number of hydrogen-bond donors (Lipinski definition) is 0. The third kappa shape index (κ3) is 3.13. The van der Waals surface area contributed by atoms with Gasteiger partial charge in [0.25, 0.3) is 0 Å². The second-order valence-corrected chi connectivity index (χ2v) is 7.39. The Bertz CT molecular complexity index is 1230. The SMILES string of the molecule is Clc1ccc(OCc2nn3c(Cn4cnc5ccccc54)nnc3s2)cc1. The van der Waals surface area contributed by atoms with Crippen molar-refractivity contribution < 1.29 is 4.74 Å². The zero-order chi connectivity index (χ0) is 18.2.